The van der Waals surface area contributed by atoms with Gasteiger partial charge in [0.15, 0.2) is 0 Å². The van der Waals surface area contributed by atoms with Crippen LogP contribution in [0.4, 0.5) is 10.5 Å². The van der Waals surface area contributed by atoms with Crippen molar-refractivity contribution in [1.29, 1.82) is 0 Å². The molecule has 90 valence electrons. The maximum atomic E-state index is 11.6. The van der Waals surface area contributed by atoms with Gasteiger partial charge in [-0.2, -0.15) is 0 Å². The average molecular weight is 234 g/mol. The van der Waals surface area contributed by atoms with Crippen LogP contribution in [0.5, 0.6) is 0 Å². The van der Waals surface area contributed by atoms with Crippen molar-refractivity contribution in [3.63, 3.8) is 0 Å². The number of benzene rings is 1. The third kappa shape index (κ3) is 2.75. The van der Waals surface area contributed by atoms with Crippen LogP contribution in [0.25, 0.3) is 0 Å². The fourth-order valence-electron chi connectivity index (χ4n) is 1.99. The van der Waals surface area contributed by atoms with E-state index in [1.165, 1.54) is 0 Å². The molecule has 5 nitrogen and oxygen atoms in total. The Bertz CT molecular complexity index is 471. The number of carbonyl (C=O) groups excluding carboxylic acids is 2. The van der Waals surface area contributed by atoms with E-state index in [1.54, 1.807) is 0 Å². The van der Waals surface area contributed by atoms with Crippen LogP contribution in [0.15, 0.2) is 18.2 Å². The standard InChI is InChI=1S/C12H14N2O3/c1-7-2-3-10-8(4-7)5-9(17-12(13)16)6-11(15)14-10/h2-4,9H,5-6H2,1H3,(H2,13,16)(H,14,15). The summed E-state index contributed by atoms with van der Waals surface area (Å²) in [4.78, 5) is 22.3. The van der Waals surface area contributed by atoms with Crippen LogP contribution in [0.2, 0.25) is 0 Å². The van der Waals surface area contributed by atoms with Gasteiger partial charge >= 0.3 is 6.09 Å². The van der Waals surface area contributed by atoms with Crippen molar-refractivity contribution in [2.24, 2.45) is 5.73 Å². The molecule has 1 unspecified atom stereocenters. The summed E-state index contributed by atoms with van der Waals surface area (Å²) in [6, 6.07) is 5.75. The van der Waals surface area contributed by atoms with E-state index in [-0.39, 0.29) is 12.3 Å². The second-order valence-electron chi connectivity index (χ2n) is 4.18. The van der Waals surface area contributed by atoms with E-state index in [4.69, 9.17) is 10.5 Å². The fraction of sp³-hybridized carbons (Fsp3) is 0.333. The molecule has 2 amide bonds. The predicted molar refractivity (Wildman–Crippen MR) is 62.6 cm³/mol. The Kier molecular flexibility index (Phi) is 2.99. The number of nitrogens with one attached hydrogen (secondary N) is 1. The minimum absolute atomic E-state index is 0.136. The molecule has 0 saturated carbocycles. The second kappa shape index (κ2) is 4.45. The molecule has 0 aromatic heterocycles. The molecule has 1 aromatic carbocycles. The number of ether oxygens (including phenoxy) is 1. The zero-order valence-corrected chi connectivity index (χ0v) is 9.53. The lowest BCUT2D eigenvalue weighted by molar-refractivity contribution is -0.117. The second-order valence-corrected chi connectivity index (χ2v) is 4.18. The van der Waals surface area contributed by atoms with Crippen molar-refractivity contribution in [2.45, 2.75) is 25.9 Å². The smallest absolute Gasteiger partial charge is 0.404 e. The van der Waals surface area contributed by atoms with E-state index >= 15 is 0 Å². The third-order valence-electron chi connectivity index (χ3n) is 2.68. The maximum Gasteiger partial charge on any atom is 0.404 e. The SMILES string of the molecule is Cc1ccc2c(c1)CC(OC(N)=O)CC(=O)N2. The van der Waals surface area contributed by atoms with E-state index in [9.17, 15) is 9.59 Å². The van der Waals surface area contributed by atoms with Gasteiger partial charge in [0.1, 0.15) is 6.10 Å². The van der Waals surface area contributed by atoms with Gasteiger partial charge in [-0.3, -0.25) is 4.79 Å². The summed E-state index contributed by atoms with van der Waals surface area (Å²) < 4.78 is 4.92. The summed E-state index contributed by atoms with van der Waals surface area (Å²) in [5, 5.41) is 2.78. The minimum Gasteiger partial charge on any atom is -0.445 e. The molecular weight excluding hydrogens is 220 g/mol. The maximum absolute atomic E-state index is 11.6. The Morgan fingerprint density at radius 1 is 1.47 bits per heavy atom. The van der Waals surface area contributed by atoms with Crippen LogP contribution in [-0.2, 0) is 16.0 Å². The number of hydrogen-bond acceptors (Lipinski definition) is 3. The van der Waals surface area contributed by atoms with Gasteiger partial charge in [-0.05, 0) is 18.6 Å². The summed E-state index contributed by atoms with van der Waals surface area (Å²) in [6.45, 7) is 1.97. The lowest BCUT2D eigenvalue weighted by atomic mass is 10.0. The molecule has 1 atom stereocenters. The summed E-state index contributed by atoms with van der Waals surface area (Å²) in [5.74, 6) is -0.168. The summed E-state index contributed by atoms with van der Waals surface area (Å²) in [5.41, 5.74) is 7.81. The number of hydrogen-bond donors (Lipinski definition) is 2. The highest BCUT2D eigenvalue weighted by atomic mass is 16.6. The highest BCUT2D eigenvalue weighted by Gasteiger charge is 2.23. The number of nitrogens with two attached hydrogens (primary N) is 1. The lowest BCUT2D eigenvalue weighted by Gasteiger charge is -2.13. The van der Waals surface area contributed by atoms with Crippen LogP contribution in [0.3, 0.4) is 0 Å². The Balaban J connectivity index is 2.28. The summed E-state index contributed by atoms with van der Waals surface area (Å²) in [6.07, 6.45) is -0.704. The van der Waals surface area contributed by atoms with Gasteiger partial charge in [0.05, 0.1) is 6.42 Å². The van der Waals surface area contributed by atoms with Crippen LogP contribution in [0, 0.1) is 6.92 Å². The number of primary amides is 1. The first-order chi connectivity index (χ1) is 8.04. The van der Waals surface area contributed by atoms with Gasteiger partial charge in [0.25, 0.3) is 0 Å². The van der Waals surface area contributed by atoms with Crippen molar-refractivity contribution in [3.05, 3.63) is 29.3 Å². The van der Waals surface area contributed by atoms with Gasteiger partial charge in [0, 0.05) is 12.1 Å². The van der Waals surface area contributed by atoms with Crippen molar-refractivity contribution < 1.29 is 14.3 Å². The topological polar surface area (TPSA) is 81.4 Å². The van der Waals surface area contributed by atoms with Gasteiger partial charge in [0.2, 0.25) is 5.91 Å². The molecule has 2 rings (SSSR count). The van der Waals surface area contributed by atoms with Crippen LogP contribution in [0.1, 0.15) is 17.5 Å². The highest BCUT2D eigenvalue weighted by Crippen LogP contribution is 2.24. The average Bonchev–Trinajstić information content (AvgIpc) is 2.34. The largest absolute Gasteiger partial charge is 0.445 e. The van der Waals surface area contributed by atoms with Crippen LogP contribution in [-0.4, -0.2) is 18.1 Å². The molecule has 17 heavy (non-hydrogen) atoms. The van der Waals surface area contributed by atoms with Crippen molar-refractivity contribution in [1.82, 2.24) is 0 Å². The van der Waals surface area contributed by atoms with E-state index in [0.717, 1.165) is 16.8 Å². The molecule has 1 aliphatic heterocycles. The minimum atomic E-state index is -0.848. The number of rotatable bonds is 1. The van der Waals surface area contributed by atoms with Crippen molar-refractivity contribution in [3.8, 4) is 0 Å². The molecule has 5 heteroatoms. The number of carbonyl (C=O) groups is 2. The summed E-state index contributed by atoms with van der Waals surface area (Å²) >= 11 is 0. The molecule has 0 fully saturated rings. The molecular formula is C12H14N2O3. The van der Waals surface area contributed by atoms with Crippen molar-refractivity contribution in [2.75, 3.05) is 5.32 Å². The number of amides is 2. The quantitative estimate of drug-likeness (QED) is 0.769. The Morgan fingerprint density at radius 2 is 2.24 bits per heavy atom. The number of aryl methyl sites for hydroxylation is 1. The Morgan fingerprint density at radius 3 is 2.94 bits per heavy atom. The monoisotopic (exact) mass is 234 g/mol. The highest BCUT2D eigenvalue weighted by molar-refractivity contribution is 5.93. The van der Waals surface area contributed by atoms with Gasteiger partial charge < -0.3 is 15.8 Å². The van der Waals surface area contributed by atoms with E-state index in [2.05, 4.69) is 5.32 Å². The predicted octanol–water partition coefficient (Wildman–Crippen LogP) is 1.34. The molecule has 0 spiro atoms. The molecule has 1 aromatic rings. The van der Waals surface area contributed by atoms with E-state index in [0.29, 0.717) is 6.42 Å². The zero-order chi connectivity index (χ0) is 12.4. The van der Waals surface area contributed by atoms with Gasteiger partial charge in [-0.15, -0.1) is 0 Å². The summed E-state index contributed by atoms with van der Waals surface area (Å²) in [7, 11) is 0. The molecule has 3 N–H and O–H groups in total. The molecule has 0 saturated heterocycles. The van der Waals surface area contributed by atoms with Crippen LogP contribution < -0.4 is 11.1 Å². The Labute approximate surface area is 98.9 Å². The number of anilines is 1. The molecule has 1 aliphatic rings. The fourth-order valence-corrected chi connectivity index (χ4v) is 1.99. The lowest BCUT2D eigenvalue weighted by Crippen LogP contribution is -2.26. The first-order valence-corrected chi connectivity index (χ1v) is 5.40. The van der Waals surface area contributed by atoms with E-state index < -0.39 is 12.2 Å². The van der Waals surface area contributed by atoms with Gasteiger partial charge in [-0.25, -0.2) is 4.79 Å². The molecule has 0 radical (unpaired) electrons. The molecule has 0 bridgehead atoms. The normalized spacial score (nSPS) is 18.9. The van der Waals surface area contributed by atoms with Gasteiger partial charge in [-0.1, -0.05) is 17.7 Å². The third-order valence-corrected chi connectivity index (χ3v) is 2.68. The first kappa shape index (κ1) is 11.4. The van der Waals surface area contributed by atoms with Crippen molar-refractivity contribution >= 4 is 17.7 Å². The van der Waals surface area contributed by atoms with E-state index in [1.807, 2.05) is 25.1 Å². The zero-order valence-electron chi connectivity index (χ0n) is 9.53. The van der Waals surface area contributed by atoms with Crippen LogP contribution >= 0.6 is 0 Å². The number of fused-ring (bicyclic) bond motifs is 1. The Hall–Kier alpha value is -2.04. The molecule has 1 heterocycles. The first-order valence-electron chi connectivity index (χ1n) is 5.40. The molecule has 0 aliphatic carbocycles.